The fraction of sp³-hybridized carbons (Fsp3) is 0.739. The average Bonchev–Trinajstić information content (AvgIpc) is 2.92. The maximum Gasteiger partial charge on any atom is 0.476 e. The molecule has 38 heavy (non-hydrogen) atoms. The Labute approximate surface area is 256 Å². The van der Waals surface area contributed by atoms with Crippen LogP contribution in [0.3, 0.4) is 0 Å². The molecule has 0 aliphatic heterocycles. The summed E-state index contributed by atoms with van der Waals surface area (Å²) in [6.45, 7) is 6.70. The molecule has 0 heterocycles. The van der Waals surface area contributed by atoms with Gasteiger partial charge >= 0.3 is 15.4 Å². The molecule has 1 aromatic carbocycles. The van der Waals surface area contributed by atoms with E-state index >= 15 is 0 Å². The normalized spacial score (nSPS) is 17.9. The van der Waals surface area contributed by atoms with Gasteiger partial charge in [0.25, 0.3) is 0 Å². The van der Waals surface area contributed by atoms with Gasteiger partial charge < -0.3 is 9.05 Å². The summed E-state index contributed by atoms with van der Waals surface area (Å²) in [6, 6.07) is 4.36. The van der Waals surface area contributed by atoms with Crippen LogP contribution >= 0.6 is 85.0 Å². The highest BCUT2D eigenvalue weighted by Crippen LogP contribution is 2.68. The van der Waals surface area contributed by atoms with E-state index in [2.05, 4.69) is 0 Å². The van der Waals surface area contributed by atoms with E-state index in [1.54, 1.807) is 0 Å². The summed E-state index contributed by atoms with van der Waals surface area (Å²) in [5.74, 6) is -1.62. The van der Waals surface area contributed by atoms with Gasteiger partial charge in [0, 0.05) is 0 Å². The van der Waals surface area contributed by atoms with Crippen LogP contribution in [-0.2, 0) is 31.7 Å². The molecule has 0 aromatic heterocycles. The van der Waals surface area contributed by atoms with Crippen LogP contribution in [0.25, 0.3) is 0 Å². The van der Waals surface area contributed by atoms with Crippen LogP contribution in [0.1, 0.15) is 64.8 Å². The quantitative estimate of drug-likeness (QED) is 0.0990. The van der Waals surface area contributed by atoms with Crippen LogP contribution in [-0.4, -0.2) is 47.9 Å². The number of hydrogen-bond acceptors (Lipinski definition) is 7. The summed E-state index contributed by atoms with van der Waals surface area (Å²) in [7, 11) is -8.77. The summed E-state index contributed by atoms with van der Waals surface area (Å²) in [5.41, 5.74) is 0.191. The maximum absolute atomic E-state index is 14.4. The first-order valence-electron chi connectivity index (χ1n) is 12.3. The van der Waals surface area contributed by atoms with Gasteiger partial charge in [-0.2, -0.15) is 0 Å². The molecule has 222 valence electrons. The number of hydrogen-bond donors (Lipinski definition) is 0. The molecule has 0 fully saturated rings. The zero-order valence-electron chi connectivity index (χ0n) is 21.8. The Balaban J connectivity index is 3.58. The first-order chi connectivity index (χ1) is 17.8. The Morgan fingerprint density at radius 1 is 0.658 bits per heavy atom. The Morgan fingerprint density at radius 2 is 1.05 bits per heavy atom. The first-order valence-corrected chi connectivity index (χ1v) is 17.9. The zero-order chi connectivity index (χ0) is 28.9. The highest BCUT2D eigenvalue weighted by Gasteiger charge is 2.46. The SMILES string of the molecule is CC[C@@H](Cl)COP(=O)(OC[C@H](Cl)CC)O[C@H](c1ccc(Cl)c(Cl)c1)P(=O)(OC[C@H](Cl)CC)OC[C@@H](Cl)CC. The molecule has 0 radical (unpaired) electrons. The number of halogens is 6. The van der Waals surface area contributed by atoms with Crippen LogP contribution in [0.5, 0.6) is 0 Å². The molecule has 0 aliphatic rings. The minimum Gasteiger partial charge on any atom is -0.305 e. The zero-order valence-corrected chi connectivity index (χ0v) is 28.1. The second-order valence-electron chi connectivity index (χ2n) is 8.32. The van der Waals surface area contributed by atoms with E-state index in [0.717, 1.165) is 0 Å². The lowest BCUT2D eigenvalue weighted by atomic mass is 10.2. The standard InChI is InChI=1S/C23H36Cl6O7P2/c1-5-17(24)12-32-37(30,33-13-18(25)6-2)23(16-9-10-21(28)22(29)11-16)36-38(31,34-14-19(26)7-3)35-15-20(27)8-4/h9-11,17-20,23H,5-8,12-15H2,1-4H3/t17-,18+,19-,20-,23+,37?/m1/s1. The maximum atomic E-state index is 14.4. The number of benzene rings is 1. The second-order valence-corrected chi connectivity index (χ2v) is 15.3. The Bertz CT molecular complexity index is 892. The van der Waals surface area contributed by atoms with Crippen molar-refractivity contribution in [3.63, 3.8) is 0 Å². The van der Waals surface area contributed by atoms with Crippen molar-refractivity contribution in [3.8, 4) is 0 Å². The average molecular weight is 699 g/mol. The minimum atomic E-state index is -4.45. The highest BCUT2D eigenvalue weighted by atomic mass is 35.5. The summed E-state index contributed by atoms with van der Waals surface area (Å²) >= 11 is 37.3. The van der Waals surface area contributed by atoms with Crippen molar-refractivity contribution in [3.05, 3.63) is 33.8 Å². The number of phosphoric ester groups is 1. The summed E-state index contributed by atoms with van der Waals surface area (Å²) < 4.78 is 56.8. The van der Waals surface area contributed by atoms with Crippen molar-refractivity contribution >= 4 is 85.0 Å². The summed E-state index contributed by atoms with van der Waals surface area (Å²) in [4.78, 5) is 0. The lowest BCUT2D eigenvalue weighted by molar-refractivity contribution is 0.0815. The van der Waals surface area contributed by atoms with Crippen LogP contribution in [0.4, 0.5) is 0 Å². The molecular formula is C23H36Cl6O7P2. The topological polar surface area (TPSA) is 80.3 Å². The van der Waals surface area contributed by atoms with Crippen molar-refractivity contribution in [2.45, 2.75) is 80.7 Å². The van der Waals surface area contributed by atoms with E-state index in [-0.39, 0.29) is 42.0 Å². The van der Waals surface area contributed by atoms with Crippen molar-refractivity contribution in [1.29, 1.82) is 0 Å². The van der Waals surface area contributed by atoms with Gasteiger partial charge in [-0.1, -0.05) is 57.0 Å². The molecule has 7 nitrogen and oxygen atoms in total. The fourth-order valence-electron chi connectivity index (χ4n) is 2.55. The van der Waals surface area contributed by atoms with Crippen LogP contribution in [0.15, 0.2) is 18.2 Å². The Morgan fingerprint density at radius 3 is 1.42 bits per heavy atom. The van der Waals surface area contributed by atoms with E-state index < -0.39 is 42.8 Å². The molecule has 0 bridgehead atoms. The van der Waals surface area contributed by atoms with Crippen molar-refractivity contribution < 1.29 is 31.7 Å². The van der Waals surface area contributed by atoms with Crippen molar-refractivity contribution in [1.82, 2.24) is 0 Å². The predicted molar refractivity (Wildman–Crippen MR) is 159 cm³/mol. The molecule has 15 heteroatoms. The molecular weight excluding hydrogens is 663 g/mol. The third-order valence-corrected chi connectivity index (χ3v) is 11.3. The molecule has 0 saturated heterocycles. The number of alkyl halides is 4. The van der Waals surface area contributed by atoms with E-state index in [1.807, 2.05) is 27.7 Å². The van der Waals surface area contributed by atoms with Gasteiger partial charge in [-0.3, -0.25) is 18.1 Å². The predicted octanol–water partition coefficient (Wildman–Crippen LogP) is 10.4. The molecule has 1 rings (SSSR count). The molecule has 0 N–H and O–H groups in total. The smallest absolute Gasteiger partial charge is 0.305 e. The molecule has 0 spiro atoms. The van der Waals surface area contributed by atoms with Crippen molar-refractivity contribution in [2.24, 2.45) is 0 Å². The van der Waals surface area contributed by atoms with Gasteiger partial charge in [-0.05, 0) is 43.4 Å². The lowest BCUT2D eigenvalue weighted by Crippen LogP contribution is -2.19. The fourth-order valence-corrected chi connectivity index (χ4v) is 7.20. The Kier molecular flexibility index (Phi) is 18.3. The molecule has 1 unspecified atom stereocenters. The van der Waals surface area contributed by atoms with Gasteiger partial charge in [0.15, 0.2) is 5.85 Å². The van der Waals surface area contributed by atoms with Crippen LogP contribution < -0.4 is 0 Å². The van der Waals surface area contributed by atoms with E-state index in [0.29, 0.717) is 25.7 Å². The van der Waals surface area contributed by atoms with Crippen molar-refractivity contribution in [2.75, 3.05) is 26.4 Å². The summed E-state index contributed by atoms with van der Waals surface area (Å²) in [5, 5.41) is -1.57. The van der Waals surface area contributed by atoms with Gasteiger partial charge in [0.2, 0.25) is 0 Å². The van der Waals surface area contributed by atoms with Gasteiger partial charge in [-0.15, -0.1) is 46.4 Å². The van der Waals surface area contributed by atoms with Gasteiger partial charge in [0.1, 0.15) is 0 Å². The van der Waals surface area contributed by atoms with E-state index in [1.165, 1.54) is 18.2 Å². The molecule has 0 amide bonds. The molecule has 1 aromatic rings. The number of rotatable bonds is 20. The summed E-state index contributed by atoms with van der Waals surface area (Å²) in [6.07, 6.45) is 2.11. The Hall–Kier alpha value is 1.22. The van der Waals surface area contributed by atoms with Crippen LogP contribution in [0.2, 0.25) is 10.0 Å². The van der Waals surface area contributed by atoms with Gasteiger partial charge in [-0.25, -0.2) is 4.57 Å². The van der Waals surface area contributed by atoms with E-state index in [4.69, 9.17) is 92.2 Å². The number of phosphoric acid groups is 1. The monoisotopic (exact) mass is 696 g/mol. The second kappa shape index (κ2) is 18.7. The third kappa shape index (κ3) is 13.0. The molecule has 6 atom stereocenters. The highest BCUT2D eigenvalue weighted by molar-refractivity contribution is 7.55. The third-order valence-electron chi connectivity index (χ3n) is 5.21. The molecule has 0 saturated carbocycles. The minimum absolute atomic E-state index is 0.132. The molecule has 0 aliphatic carbocycles. The van der Waals surface area contributed by atoms with Gasteiger partial charge in [0.05, 0.1) is 58.0 Å². The van der Waals surface area contributed by atoms with Crippen LogP contribution in [0, 0.1) is 0 Å². The largest absolute Gasteiger partial charge is 0.476 e. The lowest BCUT2D eigenvalue weighted by Gasteiger charge is -2.31. The van der Waals surface area contributed by atoms with E-state index in [9.17, 15) is 9.13 Å². The first kappa shape index (κ1) is 37.2.